The number of carbonyl (C=O) groups excluding carboxylic acids is 3. The normalized spacial score (nSPS) is 22.2. The van der Waals surface area contributed by atoms with Gasteiger partial charge in [-0.15, -0.1) is 0 Å². The first-order chi connectivity index (χ1) is 15.7. The molecule has 1 saturated carbocycles. The molecule has 0 radical (unpaired) electrons. The molecule has 0 saturated heterocycles. The fourth-order valence-electron chi connectivity index (χ4n) is 6.35. The van der Waals surface area contributed by atoms with Gasteiger partial charge in [-0.1, -0.05) is 0 Å². The second-order valence-corrected chi connectivity index (χ2v) is 24.5. The van der Waals surface area contributed by atoms with Gasteiger partial charge in [0.15, 0.2) is 0 Å². The molecule has 0 N–H and O–H groups in total. The zero-order chi connectivity index (χ0) is 25.0. The molecule has 0 aromatic rings. The van der Waals surface area contributed by atoms with Gasteiger partial charge >= 0.3 is 207 Å². The summed E-state index contributed by atoms with van der Waals surface area (Å²) in [6.07, 6.45) is 9.67. The molecule has 0 bridgehead atoms. The molecule has 0 aromatic heterocycles. The first-order valence-electron chi connectivity index (χ1n) is 13.5. The number of unbranched alkanes of at least 4 members (excludes halogenated alkanes) is 3. The Morgan fingerprint density at radius 3 is 1.70 bits per heavy atom. The van der Waals surface area contributed by atoms with Gasteiger partial charge in [-0.3, -0.25) is 0 Å². The number of aldehydes is 1. The maximum atomic E-state index is 13.2. The van der Waals surface area contributed by atoms with Gasteiger partial charge in [-0.05, 0) is 0 Å². The second-order valence-electron chi connectivity index (χ2n) is 10.6. The Balaban J connectivity index is 3.45. The van der Waals surface area contributed by atoms with Crippen molar-refractivity contribution in [2.45, 2.75) is 117 Å². The Kier molecular flexibility index (Phi) is 13.6. The molecule has 2 atom stereocenters. The average molecular weight is 573 g/mol. The van der Waals surface area contributed by atoms with Crippen molar-refractivity contribution in [1.82, 2.24) is 0 Å². The number of carbonyl (C=O) groups is 3. The Hall–Kier alpha value is -0.591. The topological polar surface area (TPSA) is 69.7 Å². The summed E-state index contributed by atoms with van der Waals surface area (Å²) in [5, 5.41) is 0. The fourth-order valence-corrected chi connectivity index (χ4v) is 25.5. The molecule has 0 heterocycles. The van der Waals surface area contributed by atoms with E-state index in [4.69, 9.17) is 9.47 Å². The summed E-state index contributed by atoms with van der Waals surface area (Å²) < 4.78 is 16.1. The average Bonchev–Trinajstić information content (AvgIpc) is 3.08. The minimum absolute atomic E-state index is 0.0183. The van der Waals surface area contributed by atoms with Crippen LogP contribution in [0.4, 0.5) is 0 Å². The van der Waals surface area contributed by atoms with Crippen LogP contribution in [0.2, 0.25) is 17.7 Å². The molecular weight excluding hydrogens is 523 g/mol. The monoisotopic (exact) mass is 574 g/mol. The predicted octanol–water partition coefficient (Wildman–Crippen LogP) is 6.95. The van der Waals surface area contributed by atoms with Crippen LogP contribution in [0.15, 0.2) is 0 Å². The van der Waals surface area contributed by atoms with Crippen LogP contribution < -0.4 is 0 Å². The molecule has 0 amide bonds. The fraction of sp³-hybridized carbons (Fsp3) is 0.889. The van der Waals surface area contributed by atoms with Crippen LogP contribution in [0.1, 0.15) is 99.3 Å². The van der Waals surface area contributed by atoms with E-state index >= 15 is 0 Å². The molecule has 1 aliphatic carbocycles. The molecule has 1 rings (SSSR count). The van der Waals surface area contributed by atoms with Gasteiger partial charge in [0.05, 0.1) is 0 Å². The van der Waals surface area contributed by atoms with Gasteiger partial charge in [0.2, 0.25) is 0 Å². The number of rotatable bonds is 17. The molecule has 192 valence electrons. The van der Waals surface area contributed by atoms with E-state index in [0.717, 1.165) is 10.7 Å². The number of esters is 2. The van der Waals surface area contributed by atoms with E-state index in [-0.39, 0.29) is 24.5 Å². The summed E-state index contributed by atoms with van der Waals surface area (Å²) in [7, 11) is 0. The van der Waals surface area contributed by atoms with Crippen LogP contribution in [0, 0.1) is 16.7 Å². The summed E-state index contributed by atoms with van der Waals surface area (Å²) in [6, 6.07) is 0. The second kappa shape index (κ2) is 14.7. The standard InChI is InChI=1S/C15H23O5.3C4H9.Sn/c1-5-19-12(17)15(13(18)20-6-2)9-11(7-8-16)14(3,4)10-15;3*1-3-4-2;/h8,11H,3,5-7,9-10H2,1-2,4H3;3*1,3-4H2,2H3;/t11-,14-;;;;/m1..../s1. The number of hydrogen-bond acceptors (Lipinski definition) is 5. The summed E-state index contributed by atoms with van der Waals surface area (Å²) in [4.78, 5) is 38.1. The molecule has 0 aromatic carbocycles. The molecular formula is C27H50O5Sn. The van der Waals surface area contributed by atoms with Gasteiger partial charge in [0, 0.05) is 0 Å². The van der Waals surface area contributed by atoms with E-state index in [0.29, 0.717) is 19.3 Å². The Morgan fingerprint density at radius 1 is 0.879 bits per heavy atom. The van der Waals surface area contributed by atoms with Crippen molar-refractivity contribution in [3.63, 3.8) is 0 Å². The SMILES string of the molecule is CCC[CH2][Sn]([CH2]CCC)([CH2]CCC)[CH2][C@@]1(C)CC(C(=O)OCC)(C(=O)OCC)C[C@H]1CC=O. The Labute approximate surface area is 207 Å². The summed E-state index contributed by atoms with van der Waals surface area (Å²) >= 11 is -2.59. The number of ether oxygens (including phenoxy) is 2. The van der Waals surface area contributed by atoms with Gasteiger partial charge in [-0.25, -0.2) is 0 Å². The van der Waals surface area contributed by atoms with Crippen LogP contribution >= 0.6 is 0 Å². The summed E-state index contributed by atoms with van der Waals surface area (Å²) in [6.45, 7) is 13.1. The Bertz CT molecular complexity index is 580. The van der Waals surface area contributed by atoms with Crippen molar-refractivity contribution in [3.8, 4) is 0 Å². The number of hydrogen-bond donors (Lipinski definition) is 0. The third-order valence-electron chi connectivity index (χ3n) is 7.96. The third kappa shape index (κ3) is 7.96. The van der Waals surface area contributed by atoms with Crippen LogP contribution in [0.5, 0.6) is 0 Å². The van der Waals surface area contributed by atoms with Crippen LogP contribution in [-0.2, 0) is 23.9 Å². The van der Waals surface area contributed by atoms with Crippen molar-refractivity contribution in [2.24, 2.45) is 16.7 Å². The molecule has 5 nitrogen and oxygen atoms in total. The first-order valence-corrected chi connectivity index (χ1v) is 21.6. The van der Waals surface area contributed by atoms with Crippen molar-refractivity contribution in [3.05, 3.63) is 0 Å². The third-order valence-corrected chi connectivity index (χ3v) is 24.5. The van der Waals surface area contributed by atoms with Crippen LogP contribution in [-0.4, -0.2) is 49.8 Å². The Morgan fingerprint density at radius 2 is 1.33 bits per heavy atom. The van der Waals surface area contributed by atoms with Gasteiger partial charge in [0.1, 0.15) is 0 Å². The molecule has 0 spiro atoms. The maximum absolute atomic E-state index is 13.2. The van der Waals surface area contributed by atoms with E-state index in [1.54, 1.807) is 13.8 Å². The zero-order valence-corrected chi connectivity index (χ0v) is 25.2. The van der Waals surface area contributed by atoms with Gasteiger partial charge in [-0.2, -0.15) is 0 Å². The van der Waals surface area contributed by atoms with Crippen LogP contribution in [0.3, 0.4) is 0 Å². The predicted molar refractivity (Wildman–Crippen MR) is 137 cm³/mol. The van der Waals surface area contributed by atoms with E-state index in [1.807, 2.05) is 0 Å². The zero-order valence-electron chi connectivity index (χ0n) is 22.3. The van der Waals surface area contributed by atoms with Crippen LogP contribution in [0.25, 0.3) is 0 Å². The quantitative estimate of drug-likeness (QED) is 0.0815. The molecule has 33 heavy (non-hydrogen) atoms. The summed E-state index contributed by atoms with van der Waals surface area (Å²) in [5.41, 5.74) is -1.47. The molecule has 1 aliphatic rings. The van der Waals surface area contributed by atoms with Crippen molar-refractivity contribution >= 4 is 36.6 Å². The van der Waals surface area contributed by atoms with E-state index in [2.05, 4.69) is 27.7 Å². The van der Waals surface area contributed by atoms with Crippen molar-refractivity contribution < 1.29 is 23.9 Å². The molecule has 6 heteroatoms. The van der Waals surface area contributed by atoms with Crippen molar-refractivity contribution in [2.75, 3.05) is 13.2 Å². The van der Waals surface area contributed by atoms with Gasteiger partial charge < -0.3 is 0 Å². The molecule has 0 unspecified atom stereocenters. The van der Waals surface area contributed by atoms with E-state index < -0.39 is 35.7 Å². The van der Waals surface area contributed by atoms with Gasteiger partial charge in [0.25, 0.3) is 0 Å². The summed E-state index contributed by atoms with van der Waals surface area (Å²) in [5.74, 6) is -0.899. The van der Waals surface area contributed by atoms with E-state index in [9.17, 15) is 14.4 Å². The molecule has 1 fully saturated rings. The van der Waals surface area contributed by atoms with Crippen molar-refractivity contribution in [1.29, 1.82) is 0 Å². The first kappa shape index (κ1) is 30.4. The minimum atomic E-state index is -2.59. The van der Waals surface area contributed by atoms with E-state index in [1.165, 1.54) is 51.8 Å². The molecule has 0 aliphatic heterocycles.